The molecule has 0 bridgehead atoms. The molecule has 0 unspecified atom stereocenters. The third-order valence-electron chi connectivity index (χ3n) is 4.56. The second kappa shape index (κ2) is 9.83. The van der Waals surface area contributed by atoms with Crippen LogP contribution >= 0.6 is 0 Å². The van der Waals surface area contributed by atoms with E-state index in [9.17, 15) is 9.59 Å². The Morgan fingerprint density at radius 3 is 2.76 bits per heavy atom. The minimum absolute atomic E-state index is 0.242. The number of amides is 2. The minimum atomic E-state index is -0.650. The Morgan fingerprint density at radius 1 is 1.24 bits per heavy atom. The van der Waals surface area contributed by atoms with Crippen molar-refractivity contribution in [3.05, 3.63) is 48.4 Å². The maximum absolute atomic E-state index is 13.1. The van der Waals surface area contributed by atoms with Gasteiger partial charge < -0.3 is 24.4 Å². The summed E-state index contributed by atoms with van der Waals surface area (Å²) in [6.45, 7) is 1.04. The average Bonchev–Trinajstić information content (AvgIpc) is 3.18. The molecule has 2 amide bonds. The lowest BCUT2D eigenvalue weighted by atomic mass is 10.1. The van der Waals surface area contributed by atoms with Crippen LogP contribution < -0.4 is 14.8 Å². The summed E-state index contributed by atoms with van der Waals surface area (Å²) in [7, 11) is 3.07. The van der Waals surface area contributed by atoms with E-state index in [0.29, 0.717) is 36.8 Å². The molecule has 1 aliphatic rings. The molecule has 0 aliphatic carbocycles. The van der Waals surface area contributed by atoms with Crippen molar-refractivity contribution in [2.75, 3.05) is 33.9 Å². The Hall–Kier alpha value is -3.20. The molecule has 3 heterocycles. The summed E-state index contributed by atoms with van der Waals surface area (Å²) in [6, 6.07) is 6.15. The van der Waals surface area contributed by atoms with Gasteiger partial charge in [-0.1, -0.05) is 0 Å². The van der Waals surface area contributed by atoms with E-state index in [1.54, 1.807) is 43.8 Å². The summed E-state index contributed by atoms with van der Waals surface area (Å²) in [5, 5.41) is 2.80. The molecule has 3 rings (SSSR count). The summed E-state index contributed by atoms with van der Waals surface area (Å²) in [5.74, 6) is 0.476. The van der Waals surface area contributed by atoms with E-state index in [0.717, 1.165) is 0 Å². The number of methoxy groups -OCH3 is 2. The molecule has 1 fully saturated rings. The maximum Gasteiger partial charge on any atom is 0.256 e. The third kappa shape index (κ3) is 5.20. The van der Waals surface area contributed by atoms with Crippen molar-refractivity contribution in [2.24, 2.45) is 0 Å². The molecular weight excluding hydrogens is 376 g/mol. The zero-order chi connectivity index (χ0) is 20.6. The number of hydrogen-bond donors (Lipinski definition) is 1. The summed E-state index contributed by atoms with van der Waals surface area (Å²) in [6.07, 6.45) is 4.75. The van der Waals surface area contributed by atoms with Crippen molar-refractivity contribution >= 4 is 11.8 Å². The summed E-state index contributed by atoms with van der Waals surface area (Å²) < 4.78 is 15.9. The van der Waals surface area contributed by atoms with E-state index in [4.69, 9.17) is 14.2 Å². The predicted octanol–water partition coefficient (Wildman–Crippen LogP) is 0.910. The number of ether oxygens (including phenoxy) is 3. The van der Waals surface area contributed by atoms with Crippen LogP contribution in [-0.2, 0) is 9.53 Å². The van der Waals surface area contributed by atoms with Crippen molar-refractivity contribution < 1.29 is 23.8 Å². The lowest BCUT2D eigenvalue weighted by Gasteiger charge is -2.23. The maximum atomic E-state index is 13.1. The molecule has 2 atom stereocenters. The molecule has 2 aromatic heterocycles. The number of rotatable bonds is 8. The van der Waals surface area contributed by atoms with Crippen molar-refractivity contribution in [3.8, 4) is 11.6 Å². The van der Waals surface area contributed by atoms with Crippen LogP contribution in [-0.4, -0.2) is 72.7 Å². The number of nitrogens with one attached hydrogen (secondary N) is 1. The Morgan fingerprint density at radius 2 is 2.10 bits per heavy atom. The van der Waals surface area contributed by atoms with E-state index in [-0.39, 0.29) is 24.5 Å². The molecule has 29 heavy (non-hydrogen) atoms. The summed E-state index contributed by atoms with van der Waals surface area (Å²) in [4.78, 5) is 35.4. The van der Waals surface area contributed by atoms with Gasteiger partial charge in [-0.05, 0) is 18.2 Å². The highest BCUT2D eigenvalue weighted by atomic mass is 16.5. The zero-order valence-corrected chi connectivity index (χ0v) is 16.4. The molecule has 0 radical (unpaired) electrons. The molecular formula is C20H24N4O5. The van der Waals surface area contributed by atoms with Crippen LogP contribution in [0.15, 0.2) is 42.9 Å². The predicted molar refractivity (Wildman–Crippen MR) is 104 cm³/mol. The van der Waals surface area contributed by atoms with Crippen LogP contribution in [0.5, 0.6) is 11.6 Å². The Labute approximate surface area is 169 Å². The molecule has 0 spiro atoms. The SMILES string of the molecule is COCCNC(=O)[C@@H]1C[C@H](Oc2cccnc2)CN1C(=O)c1ccc(OC)nc1. The molecule has 154 valence electrons. The van der Waals surface area contributed by atoms with Gasteiger partial charge in [0.2, 0.25) is 11.8 Å². The smallest absolute Gasteiger partial charge is 0.256 e. The molecule has 2 aromatic rings. The molecule has 1 aliphatic heterocycles. The Balaban J connectivity index is 1.75. The van der Waals surface area contributed by atoms with Crippen LogP contribution in [0.4, 0.5) is 0 Å². The van der Waals surface area contributed by atoms with Crippen LogP contribution in [0.2, 0.25) is 0 Å². The molecule has 0 aromatic carbocycles. The molecule has 1 saturated heterocycles. The van der Waals surface area contributed by atoms with Crippen LogP contribution in [0, 0.1) is 0 Å². The van der Waals surface area contributed by atoms with Crippen LogP contribution in [0.25, 0.3) is 0 Å². The van der Waals surface area contributed by atoms with Gasteiger partial charge in [0.1, 0.15) is 17.9 Å². The number of pyridine rings is 2. The van der Waals surface area contributed by atoms with Crippen molar-refractivity contribution in [1.29, 1.82) is 0 Å². The fourth-order valence-electron chi connectivity index (χ4n) is 3.15. The molecule has 9 nitrogen and oxygen atoms in total. The van der Waals surface area contributed by atoms with Gasteiger partial charge in [0.15, 0.2) is 0 Å². The quantitative estimate of drug-likeness (QED) is 0.657. The van der Waals surface area contributed by atoms with Gasteiger partial charge in [-0.15, -0.1) is 0 Å². The molecule has 0 saturated carbocycles. The number of likely N-dealkylation sites (tertiary alicyclic amines) is 1. The summed E-state index contributed by atoms with van der Waals surface area (Å²) >= 11 is 0. The fraction of sp³-hybridized carbons (Fsp3) is 0.400. The van der Waals surface area contributed by atoms with Gasteiger partial charge >= 0.3 is 0 Å². The van der Waals surface area contributed by atoms with E-state index in [1.807, 2.05) is 0 Å². The normalized spacial score (nSPS) is 18.3. The number of nitrogens with zero attached hydrogens (tertiary/aromatic N) is 3. The van der Waals surface area contributed by atoms with Crippen molar-refractivity contribution in [1.82, 2.24) is 20.2 Å². The first-order valence-corrected chi connectivity index (χ1v) is 9.26. The minimum Gasteiger partial charge on any atom is -0.487 e. The van der Waals surface area contributed by atoms with E-state index in [2.05, 4.69) is 15.3 Å². The highest BCUT2D eigenvalue weighted by Crippen LogP contribution is 2.25. The molecule has 9 heteroatoms. The summed E-state index contributed by atoms with van der Waals surface area (Å²) in [5.41, 5.74) is 0.377. The number of carbonyl (C=O) groups is 2. The zero-order valence-electron chi connectivity index (χ0n) is 16.4. The Bertz CT molecular complexity index is 815. The lowest BCUT2D eigenvalue weighted by Crippen LogP contribution is -2.46. The first-order valence-electron chi connectivity index (χ1n) is 9.26. The van der Waals surface area contributed by atoms with Crippen molar-refractivity contribution in [2.45, 2.75) is 18.6 Å². The topological polar surface area (TPSA) is 103 Å². The fourth-order valence-corrected chi connectivity index (χ4v) is 3.15. The first-order chi connectivity index (χ1) is 14.1. The van der Waals surface area contributed by atoms with Crippen LogP contribution in [0.3, 0.4) is 0 Å². The van der Waals surface area contributed by atoms with Gasteiger partial charge in [0.05, 0.1) is 32.0 Å². The Kier molecular flexibility index (Phi) is 6.96. The molecule has 1 N–H and O–H groups in total. The van der Waals surface area contributed by atoms with Gasteiger partial charge in [-0.25, -0.2) is 4.98 Å². The third-order valence-corrected chi connectivity index (χ3v) is 4.56. The second-order valence-corrected chi connectivity index (χ2v) is 6.51. The standard InChI is InChI=1S/C20H24N4O5/c1-27-9-8-22-19(25)17-10-16(29-15-4-3-7-21-12-15)13-24(17)20(26)14-5-6-18(28-2)23-11-14/h3-7,11-12,16-17H,8-10,13H2,1-2H3,(H,22,25)/t16-,17-/m0/s1. The number of aromatic nitrogens is 2. The number of hydrogen-bond acceptors (Lipinski definition) is 7. The largest absolute Gasteiger partial charge is 0.487 e. The van der Waals surface area contributed by atoms with Crippen molar-refractivity contribution in [3.63, 3.8) is 0 Å². The highest BCUT2D eigenvalue weighted by Gasteiger charge is 2.41. The lowest BCUT2D eigenvalue weighted by molar-refractivity contribution is -0.125. The number of carbonyl (C=O) groups excluding carboxylic acids is 2. The average molecular weight is 400 g/mol. The van der Waals surface area contributed by atoms with Gasteiger partial charge in [0, 0.05) is 38.5 Å². The van der Waals surface area contributed by atoms with E-state index >= 15 is 0 Å². The second-order valence-electron chi connectivity index (χ2n) is 6.51. The monoisotopic (exact) mass is 400 g/mol. The van der Waals surface area contributed by atoms with Crippen LogP contribution in [0.1, 0.15) is 16.8 Å². The van der Waals surface area contributed by atoms with Gasteiger partial charge in [0.25, 0.3) is 5.91 Å². The van der Waals surface area contributed by atoms with E-state index in [1.165, 1.54) is 18.2 Å². The van der Waals surface area contributed by atoms with E-state index < -0.39 is 6.04 Å². The van der Waals surface area contributed by atoms with Gasteiger partial charge in [-0.3, -0.25) is 14.6 Å². The van der Waals surface area contributed by atoms with Gasteiger partial charge in [-0.2, -0.15) is 0 Å². The first kappa shape index (κ1) is 20.5. The highest BCUT2D eigenvalue weighted by molar-refractivity contribution is 5.97.